The average molecular weight is 312 g/mol. The van der Waals surface area contributed by atoms with Gasteiger partial charge in [-0.25, -0.2) is 0 Å². The lowest BCUT2D eigenvalue weighted by molar-refractivity contribution is -0.116. The predicted octanol–water partition coefficient (Wildman–Crippen LogP) is 4.70. The van der Waals surface area contributed by atoms with Crippen LogP contribution in [0.4, 0.5) is 0 Å². The van der Waals surface area contributed by atoms with Gasteiger partial charge in [-0.15, -0.1) is 0 Å². The maximum atomic E-state index is 11.8. The summed E-state index contributed by atoms with van der Waals surface area (Å²) < 4.78 is 0. The summed E-state index contributed by atoms with van der Waals surface area (Å²) in [6, 6.07) is 5.23. The van der Waals surface area contributed by atoms with Gasteiger partial charge in [-0.2, -0.15) is 0 Å². The second kappa shape index (κ2) is 7.70. The molecule has 2 rings (SSSR count). The van der Waals surface area contributed by atoms with Gasteiger partial charge in [-0.05, 0) is 42.5 Å². The van der Waals surface area contributed by atoms with E-state index in [2.05, 4.69) is 5.32 Å². The Morgan fingerprint density at radius 1 is 1.25 bits per heavy atom. The normalized spacial score (nSPS) is 16.5. The van der Waals surface area contributed by atoms with Gasteiger partial charge >= 0.3 is 0 Å². The molecule has 0 aliphatic heterocycles. The molecule has 4 heteroatoms. The van der Waals surface area contributed by atoms with E-state index in [0.717, 1.165) is 12.1 Å². The van der Waals surface area contributed by atoms with Gasteiger partial charge in [0.1, 0.15) is 0 Å². The highest BCUT2D eigenvalue weighted by Crippen LogP contribution is 2.23. The van der Waals surface area contributed by atoms with Gasteiger partial charge in [0.05, 0.1) is 0 Å². The fraction of sp³-hybridized carbons (Fsp3) is 0.438. The van der Waals surface area contributed by atoms with Crippen molar-refractivity contribution in [2.45, 2.75) is 32.1 Å². The quantitative estimate of drug-likeness (QED) is 0.802. The molecule has 2 nitrogen and oxygen atoms in total. The van der Waals surface area contributed by atoms with Gasteiger partial charge in [0.15, 0.2) is 0 Å². The molecule has 0 unspecified atom stereocenters. The molecular formula is C16H19Cl2NO. The third kappa shape index (κ3) is 4.84. The Morgan fingerprint density at radius 3 is 2.70 bits per heavy atom. The Bertz CT molecular complexity index is 493. The van der Waals surface area contributed by atoms with Crippen LogP contribution in [0.5, 0.6) is 0 Å². The number of hydrogen-bond acceptors (Lipinski definition) is 1. The highest BCUT2D eigenvalue weighted by molar-refractivity contribution is 6.35. The number of amides is 1. The van der Waals surface area contributed by atoms with Crippen LogP contribution in [0, 0.1) is 5.92 Å². The lowest BCUT2D eigenvalue weighted by Gasteiger charge is -2.21. The van der Waals surface area contributed by atoms with Crippen LogP contribution in [0.3, 0.4) is 0 Å². The molecule has 0 spiro atoms. The molecule has 1 aromatic carbocycles. The van der Waals surface area contributed by atoms with Crippen molar-refractivity contribution in [3.8, 4) is 0 Å². The predicted molar refractivity (Wildman–Crippen MR) is 85.1 cm³/mol. The lowest BCUT2D eigenvalue weighted by atomic mass is 9.89. The fourth-order valence-electron chi connectivity index (χ4n) is 2.50. The minimum Gasteiger partial charge on any atom is -0.352 e. The van der Waals surface area contributed by atoms with Crippen molar-refractivity contribution in [2.24, 2.45) is 5.92 Å². The van der Waals surface area contributed by atoms with Crippen LogP contribution in [-0.2, 0) is 4.79 Å². The number of carbonyl (C=O) groups is 1. The smallest absolute Gasteiger partial charge is 0.244 e. The van der Waals surface area contributed by atoms with Gasteiger partial charge in [0.25, 0.3) is 0 Å². The Hall–Kier alpha value is -0.990. The minimum atomic E-state index is -0.0680. The van der Waals surface area contributed by atoms with Gasteiger partial charge in [0.2, 0.25) is 5.91 Å². The van der Waals surface area contributed by atoms with Gasteiger partial charge in [0, 0.05) is 22.7 Å². The van der Waals surface area contributed by atoms with Crippen LogP contribution in [0.2, 0.25) is 10.0 Å². The van der Waals surface area contributed by atoms with Crippen LogP contribution in [0.1, 0.15) is 37.7 Å². The summed E-state index contributed by atoms with van der Waals surface area (Å²) in [6.45, 7) is 0.775. The molecule has 1 aliphatic rings. The second-order valence-electron chi connectivity index (χ2n) is 5.25. The van der Waals surface area contributed by atoms with Gasteiger partial charge in [-0.1, -0.05) is 48.5 Å². The zero-order chi connectivity index (χ0) is 14.4. The van der Waals surface area contributed by atoms with Crippen molar-refractivity contribution >= 4 is 35.2 Å². The molecule has 0 saturated heterocycles. The van der Waals surface area contributed by atoms with Crippen LogP contribution >= 0.6 is 23.2 Å². The highest BCUT2D eigenvalue weighted by atomic mass is 35.5. The first-order valence-corrected chi connectivity index (χ1v) is 7.82. The Balaban J connectivity index is 1.82. The van der Waals surface area contributed by atoms with E-state index in [1.807, 2.05) is 0 Å². The standard InChI is InChI=1S/C16H19Cl2NO/c17-14-8-6-13(15(18)10-14)7-9-16(20)19-11-12-4-2-1-3-5-12/h6-10,12H,1-5,11H2,(H,19,20)/b9-7+. The monoisotopic (exact) mass is 311 g/mol. The molecule has 0 aromatic heterocycles. The molecule has 1 fully saturated rings. The summed E-state index contributed by atoms with van der Waals surface area (Å²) in [7, 11) is 0. The van der Waals surface area contributed by atoms with Crippen molar-refractivity contribution < 1.29 is 4.79 Å². The van der Waals surface area contributed by atoms with Crippen LogP contribution in [0.15, 0.2) is 24.3 Å². The SMILES string of the molecule is O=C(/C=C/c1ccc(Cl)cc1Cl)NCC1CCCCC1. The van der Waals surface area contributed by atoms with E-state index in [0.29, 0.717) is 16.0 Å². The highest BCUT2D eigenvalue weighted by Gasteiger charge is 2.13. The molecule has 0 atom stereocenters. The van der Waals surface area contributed by atoms with E-state index in [9.17, 15) is 4.79 Å². The van der Waals surface area contributed by atoms with Gasteiger partial charge < -0.3 is 5.32 Å². The van der Waals surface area contributed by atoms with Gasteiger partial charge in [-0.3, -0.25) is 4.79 Å². The number of halogens is 2. The molecular weight excluding hydrogens is 293 g/mol. The zero-order valence-electron chi connectivity index (χ0n) is 11.4. The Kier molecular flexibility index (Phi) is 5.93. The molecule has 1 amide bonds. The zero-order valence-corrected chi connectivity index (χ0v) is 12.9. The maximum Gasteiger partial charge on any atom is 0.244 e. The van der Waals surface area contributed by atoms with Crippen molar-refractivity contribution in [1.29, 1.82) is 0 Å². The summed E-state index contributed by atoms with van der Waals surface area (Å²) in [5.41, 5.74) is 0.795. The van der Waals surface area contributed by atoms with Crippen molar-refractivity contribution in [3.05, 3.63) is 39.9 Å². The number of rotatable bonds is 4. The first-order valence-electron chi connectivity index (χ1n) is 7.06. The summed E-state index contributed by atoms with van der Waals surface area (Å²) >= 11 is 11.9. The summed E-state index contributed by atoms with van der Waals surface area (Å²) in [6.07, 6.45) is 9.61. The third-order valence-electron chi connectivity index (χ3n) is 3.67. The average Bonchev–Trinajstić information content (AvgIpc) is 2.45. The van der Waals surface area contributed by atoms with Crippen LogP contribution < -0.4 is 5.32 Å². The number of hydrogen-bond donors (Lipinski definition) is 1. The summed E-state index contributed by atoms with van der Waals surface area (Å²) in [5.74, 6) is 0.571. The second-order valence-corrected chi connectivity index (χ2v) is 6.09. The van der Waals surface area contributed by atoms with E-state index in [4.69, 9.17) is 23.2 Å². The van der Waals surface area contributed by atoms with Crippen molar-refractivity contribution in [1.82, 2.24) is 5.32 Å². The minimum absolute atomic E-state index is 0.0680. The number of benzene rings is 1. The number of nitrogens with one attached hydrogen (secondary N) is 1. The molecule has 0 radical (unpaired) electrons. The third-order valence-corrected chi connectivity index (χ3v) is 4.23. The molecule has 1 N–H and O–H groups in total. The molecule has 20 heavy (non-hydrogen) atoms. The maximum absolute atomic E-state index is 11.8. The molecule has 0 heterocycles. The van der Waals surface area contributed by atoms with Crippen molar-refractivity contribution in [3.63, 3.8) is 0 Å². The fourth-order valence-corrected chi connectivity index (χ4v) is 2.97. The summed E-state index contributed by atoms with van der Waals surface area (Å²) in [4.78, 5) is 11.8. The van der Waals surface area contributed by atoms with Crippen molar-refractivity contribution in [2.75, 3.05) is 6.54 Å². The van der Waals surface area contributed by atoms with Crippen LogP contribution in [0.25, 0.3) is 6.08 Å². The van der Waals surface area contributed by atoms with E-state index in [-0.39, 0.29) is 5.91 Å². The molecule has 1 aromatic rings. The van der Waals surface area contributed by atoms with Crippen LogP contribution in [-0.4, -0.2) is 12.5 Å². The molecule has 108 valence electrons. The summed E-state index contributed by atoms with van der Waals surface area (Å²) in [5, 5.41) is 4.10. The Morgan fingerprint density at radius 2 is 2.00 bits per heavy atom. The first kappa shape index (κ1) is 15.4. The van der Waals surface area contributed by atoms with E-state index < -0.39 is 0 Å². The van der Waals surface area contributed by atoms with E-state index in [1.165, 1.54) is 38.2 Å². The molecule has 0 bridgehead atoms. The topological polar surface area (TPSA) is 29.1 Å². The van der Waals surface area contributed by atoms with E-state index >= 15 is 0 Å². The largest absolute Gasteiger partial charge is 0.352 e. The Labute approximate surface area is 130 Å². The lowest BCUT2D eigenvalue weighted by Crippen LogP contribution is -2.28. The molecule has 1 saturated carbocycles. The van der Waals surface area contributed by atoms with E-state index in [1.54, 1.807) is 24.3 Å². The molecule has 1 aliphatic carbocycles. The first-order chi connectivity index (χ1) is 9.65. The number of carbonyl (C=O) groups excluding carboxylic acids is 1.